The molecule has 7 heteroatoms. The van der Waals surface area contributed by atoms with Crippen molar-refractivity contribution in [2.24, 2.45) is 0 Å². The monoisotopic (exact) mass is 397 g/mol. The first-order valence-corrected chi connectivity index (χ1v) is 10.3. The molecular weight excluding hydrogens is 365 g/mol. The predicted molar refractivity (Wildman–Crippen MR) is 108 cm³/mol. The van der Waals surface area contributed by atoms with Gasteiger partial charge in [0.05, 0.1) is 6.04 Å². The average molecular weight is 398 g/mol. The highest BCUT2D eigenvalue weighted by atomic mass is 35.5. The van der Waals surface area contributed by atoms with Gasteiger partial charge >= 0.3 is 0 Å². The van der Waals surface area contributed by atoms with Crippen LogP contribution >= 0.6 is 36.6 Å². The molecule has 0 radical (unpaired) electrons. The van der Waals surface area contributed by atoms with Gasteiger partial charge in [-0.15, -0.1) is 24.8 Å². The zero-order chi connectivity index (χ0) is 15.3. The Labute approximate surface area is 163 Å². The van der Waals surface area contributed by atoms with E-state index in [1.165, 1.54) is 69.5 Å². The Hall–Kier alpha value is 0.320. The first kappa shape index (κ1) is 22.4. The van der Waals surface area contributed by atoms with E-state index in [2.05, 4.69) is 27.3 Å². The van der Waals surface area contributed by atoms with Crippen LogP contribution in [0.4, 0.5) is 0 Å². The lowest BCUT2D eigenvalue weighted by Gasteiger charge is -2.48. The Kier molecular flexibility index (Phi) is 10.4. The molecule has 0 unspecified atom stereocenters. The second-order valence-corrected chi connectivity index (χ2v) is 8.33. The summed E-state index contributed by atoms with van der Waals surface area (Å²) < 4.78 is 0. The standard InChI is InChI=1S/C17H31N3OS.2ClH/c21-16(15-6-2-5-9-18-15)19-14-17(7-3-1-4-8-17)20-10-12-22-13-11-20;;/h15,18H,1-14H2,(H,19,21);2*1H/t15-;;/m1../s1. The largest absolute Gasteiger partial charge is 0.353 e. The molecule has 1 atom stereocenters. The molecule has 2 saturated heterocycles. The van der Waals surface area contributed by atoms with E-state index in [9.17, 15) is 4.79 Å². The number of rotatable bonds is 4. The van der Waals surface area contributed by atoms with Gasteiger partial charge in [-0.1, -0.05) is 25.7 Å². The van der Waals surface area contributed by atoms with Crippen molar-refractivity contribution < 1.29 is 4.79 Å². The molecule has 0 aromatic carbocycles. The van der Waals surface area contributed by atoms with Crippen molar-refractivity contribution in [1.82, 2.24) is 15.5 Å². The van der Waals surface area contributed by atoms with Crippen LogP contribution < -0.4 is 10.6 Å². The van der Waals surface area contributed by atoms with Crippen LogP contribution in [-0.4, -0.2) is 60.1 Å². The quantitative estimate of drug-likeness (QED) is 0.765. The lowest BCUT2D eigenvalue weighted by atomic mass is 9.80. The summed E-state index contributed by atoms with van der Waals surface area (Å²) in [6.45, 7) is 4.24. The predicted octanol–water partition coefficient (Wildman–Crippen LogP) is 2.84. The SMILES string of the molecule is Cl.Cl.O=C(NCC1(N2CCSCC2)CCCCC1)[C@H]1CCCCN1. The smallest absolute Gasteiger partial charge is 0.237 e. The number of nitrogens with zero attached hydrogens (tertiary/aromatic N) is 1. The summed E-state index contributed by atoms with van der Waals surface area (Å²) in [4.78, 5) is 15.2. The van der Waals surface area contributed by atoms with Crippen molar-refractivity contribution in [2.75, 3.05) is 37.7 Å². The fraction of sp³-hybridized carbons (Fsp3) is 0.941. The Morgan fingerprint density at radius 3 is 2.42 bits per heavy atom. The van der Waals surface area contributed by atoms with Crippen LogP contribution in [0.2, 0.25) is 0 Å². The zero-order valence-electron chi connectivity index (χ0n) is 14.6. The summed E-state index contributed by atoms with van der Waals surface area (Å²) in [5.41, 5.74) is 0.240. The summed E-state index contributed by atoms with van der Waals surface area (Å²) in [6, 6.07) is 0.0475. The van der Waals surface area contributed by atoms with Gasteiger partial charge in [0.2, 0.25) is 5.91 Å². The van der Waals surface area contributed by atoms with Crippen LogP contribution in [-0.2, 0) is 4.79 Å². The number of piperidine rings is 1. The number of halogens is 2. The van der Waals surface area contributed by atoms with Crippen LogP contribution in [0, 0.1) is 0 Å². The highest BCUT2D eigenvalue weighted by molar-refractivity contribution is 7.99. The van der Waals surface area contributed by atoms with E-state index in [1.54, 1.807) is 0 Å². The molecule has 0 aromatic rings. The number of carbonyl (C=O) groups is 1. The molecule has 2 aliphatic heterocycles. The number of hydrogen-bond donors (Lipinski definition) is 2. The highest BCUT2D eigenvalue weighted by Gasteiger charge is 2.39. The number of carbonyl (C=O) groups excluding carboxylic acids is 1. The van der Waals surface area contributed by atoms with Crippen LogP contribution in [0.5, 0.6) is 0 Å². The van der Waals surface area contributed by atoms with Gasteiger partial charge in [0.15, 0.2) is 0 Å². The molecule has 3 aliphatic rings. The third-order valence-corrected chi connectivity index (χ3v) is 6.63. The lowest BCUT2D eigenvalue weighted by molar-refractivity contribution is -0.124. The van der Waals surface area contributed by atoms with E-state index in [4.69, 9.17) is 0 Å². The Morgan fingerprint density at radius 2 is 1.79 bits per heavy atom. The van der Waals surface area contributed by atoms with Gasteiger partial charge in [-0.05, 0) is 32.2 Å². The maximum atomic E-state index is 12.5. The van der Waals surface area contributed by atoms with Gasteiger partial charge in [-0.3, -0.25) is 9.69 Å². The molecule has 2 N–H and O–H groups in total. The number of nitrogens with one attached hydrogen (secondary N) is 2. The minimum Gasteiger partial charge on any atom is -0.353 e. The average Bonchev–Trinajstić information content (AvgIpc) is 2.62. The van der Waals surface area contributed by atoms with Crippen LogP contribution in [0.15, 0.2) is 0 Å². The highest BCUT2D eigenvalue weighted by Crippen LogP contribution is 2.34. The van der Waals surface area contributed by atoms with Gasteiger partial charge < -0.3 is 10.6 Å². The first-order chi connectivity index (χ1) is 10.8. The minimum atomic E-state index is 0. The second-order valence-electron chi connectivity index (χ2n) is 7.10. The molecule has 3 rings (SSSR count). The van der Waals surface area contributed by atoms with Crippen molar-refractivity contribution >= 4 is 42.5 Å². The molecule has 0 spiro atoms. The molecule has 1 amide bonds. The topological polar surface area (TPSA) is 44.4 Å². The summed E-state index contributed by atoms with van der Waals surface area (Å²) in [7, 11) is 0. The third kappa shape index (κ3) is 5.66. The van der Waals surface area contributed by atoms with Crippen molar-refractivity contribution in [3.8, 4) is 0 Å². The Balaban J connectivity index is 0.00000144. The van der Waals surface area contributed by atoms with Crippen LogP contribution in [0.1, 0.15) is 51.4 Å². The van der Waals surface area contributed by atoms with E-state index in [0.717, 1.165) is 19.5 Å². The molecule has 1 aliphatic carbocycles. The van der Waals surface area contributed by atoms with E-state index in [1.807, 2.05) is 0 Å². The Morgan fingerprint density at radius 1 is 1.08 bits per heavy atom. The lowest BCUT2D eigenvalue weighted by Crippen LogP contribution is -2.60. The molecule has 2 heterocycles. The van der Waals surface area contributed by atoms with Gasteiger partial charge in [0, 0.05) is 36.7 Å². The van der Waals surface area contributed by atoms with Gasteiger partial charge in [0.1, 0.15) is 0 Å². The summed E-state index contributed by atoms with van der Waals surface area (Å²) >= 11 is 2.07. The maximum absolute atomic E-state index is 12.5. The van der Waals surface area contributed by atoms with Gasteiger partial charge in [-0.2, -0.15) is 11.8 Å². The first-order valence-electron chi connectivity index (χ1n) is 9.14. The second kappa shape index (κ2) is 11.1. The molecule has 1 saturated carbocycles. The molecule has 4 nitrogen and oxygen atoms in total. The summed E-state index contributed by atoms with van der Waals surface area (Å²) in [5.74, 6) is 2.73. The van der Waals surface area contributed by atoms with Crippen molar-refractivity contribution in [3.63, 3.8) is 0 Å². The molecule has 0 aromatic heterocycles. The zero-order valence-corrected chi connectivity index (χ0v) is 17.0. The summed E-state index contributed by atoms with van der Waals surface area (Å²) in [6.07, 6.45) is 9.91. The minimum absolute atomic E-state index is 0. The normalized spacial score (nSPS) is 27.4. The molecule has 142 valence electrons. The van der Waals surface area contributed by atoms with Crippen LogP contribution in [0.25, 0.3) is 0 Å². The van der Waals surface area contributed by atoms with Gasteiger partial charge in [0.25, 0.3) is 0 Å². The van der Waals surface area contributed by atoms with Crippen molar-refractivity contribution in [2.45, 2.75) is 62.9 Å². The maximum Gasteiger partial charge on any atom is 0.237 e. The fourth-order valence-electron chi connectivity index (χ4n) is 4.30. The fourth-order valence-corrected chi connectivity index (χ4v) is 5.21. The molecule has 3 fully saturated rings. The summed E-state index contributed by atoms with van der Waals surface area (Å²) in [5, 5.41) is 6.68. The molecule has 0 bridgehead atoms. The number of hydrogen-bond acceptors (Lipinski definition) is 4. The third-order valence-electron chi connectivity index (χ3n) is 5.68. The van der Waals surface area contributed by atoms with Crippen LogP contribution in [0.3, 0.4) is 0 Å². The van der Waals surface area contributed by atoms with E-state index < -0.39 is 0 Å². The van der Waals surface area contributed by atoms with E-state index >= 15 is 0 Å². The molecule has 24 heavy (non-hydrogen) atoms. The number of amides is 1. The van der Waals surface area contributed by atoms with Gasteiger partial charge in [-0.25, -0.2) is 0 Å². The Bertz CT molecular complexity index is 369. The van der Waals surface area contributed by atoms with Crippen molar-refractivity contribution in [1.29, 1.82) is 0 Å². The number of thioether (sulfide) groups is 1. The molecular formula is C17H33Cl2N3OS. The van der Waals surface area contributed by atoms with Crippen molar-refractivity contribution in [3.05, 3.63) is 0 Å². The van der Waals surface area contributed by atoms with E-state index in [0.29, 0.717) is 0 Å². The van der Waals surface area contributed by atoms with E-state index in [-0.39, 0.29) is 42.3 Å².